The number of carbonyl (C=O) groups is 1. The Bertz CT molecular complexity index is 643. The number of hydrogen-bond donors (Lipinski definition) is 1. The minimum absolute atomic E-state index is 0.212. The van der Waals surface area contributed by atoms with E-state index < -0.39 is 0 Å². The lowest BCUT2D eigenvalue weighted by Gasteiger charge is -2.26. The van der Waals surface area contributed by atoms with Crippen molar-refractivity contribution >= 4 is 5.91 Å². The summed E-state index contributed by atoms with van der Waals surface area (Å²) in [6, 6.07) is 7.94. The van der Waals surface area contributed by atoms with E-state index in [1.54, 1.807) is 11.0 Å². The molecule has 0 saturated carbocycles. The van der Waals surface area contributed by atoms with Crippen LogP contribution in [0.3, 0.4) is 0 Å². The number of benzene rings is 1. The van der Waals surface area contributed by atoms with Crippen molar-refractivity contribution < 1.29 is 4.79 Å². The molecule has 122 valence electrons. The van der Waals surface area contributed by atoms with Crippen LogP contribution in [0.15, 0.2) is 30.6 Å². The number of carbonyl (C=O) groups excluding carboxylic acids is 1. The van der Waals surface area contributed by atoms with Crippen LogP contribution in [0.5, 0.6) is 0 Å². The van der Waals surface area contributed by atoms with Gasteiger partial charge in [-0.15, -0.1) is 5.10 Å². The van der Waals surface area contributed by atoms with Gasteiger partial charge in [0.05, 0.1) is 5.69 Å². The van der Waals surface area contributed by atoms with Crippen molar-refractivity contribution in [2.24, 2.45) is 0 Å². The van der Waals surface area contributed by atoms with Gasteiger partial charge in [-0.25, -0.2) is 9.67 Å². The SMILES string of the molecule is Cc1ccc(-n2cnc(C(=O)NCCN3CCCCC3)n2)cc1. The van der Waals surface area contributed by atoms with Gasteiger partial charge in [0, 0.05) is 13.1 Å². The first-order valence-electron chi connectivity index (χ1n) is 8.21. The van der Waals surface area contributed by atoms with Crippen LogP contribution >= 0.6 is 0 Å². The highest BCUT2D eigenvalue weighted by Gasteiger charge is 2.13. The van der Waals surface area contributed by atoms with Crippen LogP contribution in [0.2, 0.25) is 0 Å². The number of amides is 1. The lowest BCUT2D eigenvalue weighted by Crippen LogP contribution is -2.37. The quantitative estimate of drug-likeness (QED) is 0.914. The van der Waals surface area contributed by atoms with Gasteiger partial charge in [-0.2, -0.15) is 0 Å². The highest BCUT2D eigenvalue weighted by molar-refractivity contribution is 5.90. The van der Waals surface area contributed by atoms with Crippen molar-refractivity contribution in [3.8, 4) is 5.69 Å². The number of nitrogens with zero attached hydrogens (tertiary/aromatic N) is 4. The average molecular weight is 313 g/mol. The molecular formula is C17H23N5O. The molecule has 1 saturated heterocycles. The number of nitrogens with one attached hydrogen (secondary N) is 1. The van der Waals surface area contributed by atoms with E-state index in [4.69, 9.17) is 0 Å². The number of hydrogen-bond acceptors (Lipinski definition) is 4. The van der Waals surface area contributed by atoms with Crippen LogP contribution in [0.4, 0.5) is 0 Å². The number of likely N-dealkylation sites (tertiary alicyclic amines) is 1. The summed E-state index contributed by atoms with van der Waals surface area (Å²) in [5, 5.41) is 7.16. The first-order chi connectivity index (χ1) is 11.2. The van der Waals surface area contributed by atoms with Crippen LogP contribution in [0, 0.1) is 6.92 Å². The van der Waals surface area contributed by atoms with Gasteiger partial charge in [-0.3, -0.25) is 4.79 Å². The number of rotatable bonds is 5. The largest absolute Gasteiger partial charge is 0.348 e. The maximum atomic E-state index is 12.1. The molecule has 1 aliphatic rings. The second kappa shape index (κ2) is 7.37. The molecule has 0 spiro atoms. The predicted molar refractivity (Wildman–Crippen MR) is 88.7 cm³/mol. The summed E-state index contributed by atoms with van der Waals surface area (Å²) in [5.41, 5.74) is 2.08. The molecule has 2 heterocycles. The molecule has 0 aliphatic carbocycles. The smallest absolute Gasteiger partial charge is 0.291 e. The lowest BCUT2D eigenvalue weighted by molar-refractivity contribution is 0.0936. The second-order valence-electron chi connectivity index (χ2n) is 6.01. The molecular weight excluding hydrogens is 290 g/mol. The Morgan fingerprint density at radius 2 is 1.91 bits per heavy atom. The van der Waals surface area contributed by atoms with Crippen molar-refractivity contribution in [2.45, 2.75) is 26.2 Å². The first-order valence-corrected chi connectivity index (χ1v) is 8.21. The van der Waals surface area contributed by atoms with Crippen molar-refractivity contribution in [3.63, 3.8) is 0 Å². The van der Waals surface area contributed by atoms with E-state index in [2.05, 4.69) is 20.3 Å². The standard InChI is InChI=1S/C17H23N5O/c1-14-5-7-15(8-6-14)22-13-19-16(20-22)17(23)18-9-12-21-10-3-2-4-11-21/h5-8,13H,2-4,9-12H2,1H3,(H,18,23). The highest BCUT2D eigenvalue weighted by atomic mass is 16.2. The molecule has 1 aromatic heterocycles. The first kappa shape index (κ1) is 15.7. The third-order valence-corrected chi connectivity index (χ3v) is 4.16. The summed E-state index contributed by atoms with van der Waals surface area (Å²) in [7, 11) is 0. The fourth-order valence-electron chi connectivity index (χ4n) is 2.78. The molecule has 1 aromatic carbocycles. The van der Waals surface area contributed by atoms with Gasteiger partial charge in [0.25, 0.3) is 5.91 Å². The molecule has 0 radical (unpaired) electrons. The molecule has 23 heavy (non-hydrogen) atoms. The van der Waals surface area contributed by atoms with Gasteiger partial charge >= 0.3 is 0 Å². The minimum Gasteiger partial charge on any atom is -0.348 e. The zero-order valence-corrected chi connectivity index (χ0v) is 13.5. The minimum atomic E-state index is -0.215. The Kier molecular flexibility index (Phi) is 5.02. The summed E-state index contributed by atoms with van der Waals surface area (Å²) in [6.07, 6.45) is 5.42. The van der Waals surface area contributed by atoms with Crippen LogP contribution in [0.25, 0.3) is 5.69 Å². The number of aryl methyl sites for hydroxylation is 1. The average Bonchev–Trinajstić information content (AvgIpc) is 3.06. The fraction of sp³-hybridized carbons (Fsp3) is 0.471. The molecule has 1 N–H and O–H groups in total. The molecule has 0 bridgehead atoms. The third-order valence-electron chi connectivity index (χ3n) is 4.16. The zero-order valence-electron chi connectivity index (χ0n) is 13.5. The monoisotopic (exact) mass is 313 g/mol. The molecule has 1 amide bonds. The van der Waals surface area contributed by atoms with Crippen molar-refractivity contribution in [1.82, 2.24) is 25.0 Å². The fourth-order valence-corrected chi connectivity index (χ4v) is 2.78. The van der Waals surface area contributed by atoms with E-state index in [0.29, 0.717) is 6.54 Å². The molecule has 0 atom stereocenters. The van der Waals surface area contributed by atoms with Gasteiger partial charge in [0.15, 0.2) is 0 Å². The predicted octanol–water partition coefficient (Wildman–Crippen LogP) is 1.79. The second-order valence-corrected chi connectivity index (χ2v) is 6.01. The summed E-state index contributed by atoms with van der Waals surface area (Å²) in [6.45, 7) is 5.83. The molecule has 1 aliphatic heterocycles. The van der Waals surface area contributed by atoms with Crippen LogP contribution in [-0.2, 0) is 0 Å². The van der Waals surface area contributed by atoms with E-state index in [1.165, 1.54) is 24.8 Å². The Morgan fingerprint density at radius 3 is 2.65 bits per heavy atom. The van der Waals surface area contributed by atoms with Crippen molar-refractivity contribution in [3.05, 3.63) is 42.0 Å². The Balaban J connectivity index is 1.52. The molecule has 6 heteroatoms. The summed E-state index contributed by atoms with van der Waals surface area (Å²) < 4.78 is 1.62. The maximum Gasteiger partial charge on any atom is 0.291 e. The number of piperidine rings is 1. The van der Waals surface area contributed by atoms with Gasteiger partial charge in [0.1, 0.15) is 6.33 Å². The Hall–Kier alpha value is -2.21. The van der Waals surface area contributed by atoms with E-state index in [-0.39, 0.29) is 11.7 Å². The Morgan fingerprint density at radius 1 is 1.17 bits per heavy atom. The van der Waals surface area contributed by atoms with E-state index in [9.17, 15) is 4.79 Å². The zero-order chi connectivity index (χ0) is 16.1. The van der Waals surface area contributed by atoms with Crippen molar-refractivity contribution in [2.75, 3.05) is 26.2 Å². The van der Waals surface area contributed by atoms with Gasteiger partial charge < -0.3 is 10.2 Å². The Labute approximate surface area is 136 Å². The molecule has 2 aromatic rings. The van der Waals surface area contributed by atoms with Gasteiger partial charge in [-0.1, -0.05) is 24.1 Å². The van der Waals surface area contributed by atoms with Crippen molar-refractivity contribution in [1.29, 1.82) is 0 Å². The molecule has 0 unspecified atom stereocenters. The lowest BCUT2D eigenvalue weighted by atomic mass is 10.1. The molecule has 6 nitrogen and oxygen atoms in total. The van der Waals surface area contributed by atoms with E-state index in [0.717, 1.165) is 25.3 Å². The van der Waals surface area contributed by atoms with Crippen LogP contribution in [-0.4, -0.2) is 51.8 Å². The molecule has 3 rings (SSSR count). The van der Waals surface area contributed by atoms with Gasteiger partial charge in [0.2, 0.25) is 5.82 Å². The van der Waals surface area contributed by atoms with Crippen LogP contribution < -0.4 is 5.32 Å². The van der Waals surface area contributed by atoms with Gasteiger partial charge in [-0.05, 0) is 45.0 Å². The molecule has 1 fully saturated rings. The maximum absolute atomic E-state index is 12.1. The summed E-state index contributed by atoms with van der Waals surface area (Å²) >= 11 is 0. The van der Waals surface area contributed by atoms with E-state index >= 15 is 0 Å². The number of aromatic nitrogens is 3. The normalized spacial score (nSPS) is 15.5. The summed E-state index contributed by atoms with van der Waals surface area (Å²) in [5.74, 6) is -0.00269. The third kappa shape index (κ3) is 4.16. The summed E-state index contributed by atoms with van der Waals surface area (Å²) in [4.78, 5) is 18.6. The van der Waals surface area contributed by atoms with E-state index in [1.807, 2.05) is 31.2 Å². The highest BCUT2D eigenvalue weighted by Crippen LogP contribution is 2.08. The topological polar surface area (TPSA) is 63.1 Å². The van der Waals surface area contributed by atoms with Crippen LogP contribution in [0.1, 0.15) is 35.4 Å².